The van der Waals surface area contributed by atoms with E-state index in [-0.39, 0.29) is 5.41 Å². The van der Waals surface area contributed by atoms with Crippen molar-refractivity contribution in [2.24, 2.45) is 16.3 Å². The van der Waals surface area contributed by atoms with Gasteiger partial charge in [-0.15, -0.1) is 11.3 Å². The SMILES string of the molecule is COc1ccc(-n2c(C)cc(C=Nc3sc4c(c3C#N)CC[C@@H](C(C)(C)C)C4)c2C)cc1. The molecule has 5 heteroatoms. The van der Waals surface area contributed by atoms with Gasteiger partial charge in [-0.25, -0.2) is 4.99 Å². The fourth-order valence-corrected chi connectivity index (χ4v) is 5.91. The largest absolute Gasteiger partial charge is 0.497 e. The molecule has 0 unspecified atom stereocenters. The van der Waals surface area contributed by atoms with Gasteiger partial charge in [0.15, 0.2) is 0 Å². The summed E-state index contributed by atoms with van der Waals surface area (Å²) in [4.78, 5) is 6.16. The van der Waals surface area contributed by atoms with E-state index in [1.54, 1.807) is 18.4 Å². The van der Waals surface area contributed by atoms with Gasteiger partial charge in [0.05, 0.1) is 12.7 Å². The van der Waals surface area contributed by atoms with Crippen LogP contribution in [0.5, 0.6) is 5.75 Å². The second-order valence-corrected chi connectivity index (χ2v) is 10.8. The molecule has 166 valence electrons. The molecule has 1 aromatic carbocycles. The molecule has 4 nitrogen and oxygen atoms in total. The maximum absolute atomic E-state index is 9.85. The first-order valence-electron chi connectivity index (χ1n) is 11.1. The van der Waals surface area contributed by atoms with Crippen LogP contribution < -0.4 is 4.74 Å². The molecule has 2 aromatic heterocycles. The molecule has 0 N–H and O–H groups in total. The molecule has 0 bridgehead atoms. The van der Waals surface area contributed by atoms with Gasteiger partial charge in [-0.05, 0) is 80.3 Å². The molecule has 1 atom stereocenters. The first kappa shape index (κ1) is 22.4. The van der Waals surface area contributed by atoms with Gasteiger partial charge in [-0.2, -0.15) is 5.26 Å². The van der Waals surface area contributed by atoms with Crippen LogP contribution in [0, 0.1) is 36.5 Å². The highest BCUT2D eigenvalue weighted by molar-refractivity contribution is 7.16. The molecule has 0 radical (unpaired) electrons. The Kier molecular flexibility index (Phi) is 6.01. The van der Waals surface area contributed by atoms with E-state index in [2.05, 4.69) is 63.5 Å². The zero-order chi connectivity index (χ0) is 23.0. The van der Waals surface area contributed by atoms with Crippen molar-refractivity contribution in [1.82, 2.24) is 4.57 Å². The molecule has 0 saturated heterocycles. The van der Waals surface area contributed by atoms with E-state index in [4.69, 9.17) is 9.73 Å². The summed E-state index contributed by atoms with van der Waals surface area (Å²) in [6.07, 6.45) is 5.10. The number of fused-ring (bicyclic) bond motifs is 1. The number of aromatic nitrogens is 1. The lowest BCUT2D eigenvalue weighted by Gasteiger charge is -2.33. The van der Waals surface area contributed by atoms with Gasteiger partial charge < -0.3 is 9.30 Å². The van der Waals surface area contributed by atoms with Crippen LogP contribution in [-0.2, 0) is 12.8 Å². The van der Waals surface area contributed by atoms with Crippen molar-refractivity contribution in [2.45, 2.75) is 53.9 Å². The number of aliphatic imine (C=N–C) groups is 1. The Labute approximate surface area is 195 Å². The second-order valence-electron chi connectivity index (χ2n) is 9.72. The molecule has 0 amide bonds. The van der Waals surface area contributed by atoms with E-state index < -0.39 is 0 Å². The van der Waals surface area contributed by atoms with Gasteiger partial charge in [0.1, 0.15) is 16.8 Å². The van der Waals surface area contributed by atoms with Crippen molar-refractivity contribution in [3.63, 3.8) is 0 Å². The Bertz CT molecular complexity index is 1200. The Morgan fingerprint density at radius 1 is 1.22 bits per heavy atom. The summed E-state index contributed by atoms with van der Waals surface area (Å²) in [6, 6.07) is 12.7. The third-order valence-corrected chi connectivity index (χ3v) is 7.87. The first-order chi connectivity index (χ1) is 15.2. The molecule has 0 spiro atoms. The molecule has 1 aliphatic carbocycles. The van der Waals surface area contributed by atoms with Gasteiger partial charge >= 0.3 is 0 Å². The zero-order valence-corrected chi connectivity index (χ0v) is 20.6. The second kappa shape index (κ2) is 8.60. The maximum Gasteiger partial charge on any atom is 0.134 e. The Morgan fingerprint density at radius 2 is 1.94 bits per heavy atom. The lowest BCUT2D eigenvalue weighted by atomic mass is 9.72. The number of rotatable bonds is 4. The summed E-state index contributed by atoms with van der Waals surface area (Å²) in [5.41, 5.74) is 6.74. The van der Waals surface area contributed by atoms with Crippen LogP contribution in [0.4, 0.5) is 5.00 Å². The number of benzene rings is 1. The third-order valence-electron chi connectivity index (χ3n) is 6.71. The highest BCUT2D eigenvalue weighted by Crippen LogP contribution is 2.44. The number of aryl methyl sites for hydroxylation is 1. The van der Waals surface area contributed by atoms with E-state index >= 15 is 0 Å². The van der Waals surface area contributed by atoms with Crippen LogP contribution in [0.3, 0.4) is 0 Å². The minimum Gasteiger partial charge on any atom is -0.497 e. The number of hydrogen-bond donors (Lipinski definition) is 0. The number of thiophene rings is 1. The molecule has 2 heterocycles. The topological polar surface area (TPSA) is 50.3 Å². The zero-order valence-electron chi connectivity index (χ0n) is 19.8. The maximum atomic E-state index is 9.85. The van der Waals surface area contributed by atoms with E-state index in [0.717, 1.165) is 58.2 Å². The molecular weight excluding hydrogens is 414 g/mol. The van der Waals surface area contributed by atoms with Crippen LogP contribution in [-0.4, -0.2) is 17.9 Å². The Balaban J connectivity index is 1.65. The van der Waals surface area contributed by atoms with Crippen molar-refractivity contribution in [3.05, 3.63) is 63.3 Å². The predicted molar refractivity (Wildman–Crippen MR) is 133 cm³/mol. The average Bonchev–Trinajstić information content (AvgIpc) is 3.26. The molecule has 1 aliphatic rings. The van der Waals surface area contributed by atoms with Gasteiger partial charge in [-0.3, -0.25) is 0 Å². The lowest BCUT2D eigenvalue weighted by Crippen LogP contribution is -2.26. The van der Waals surface area contributed by atoms with Crippen LogP contribution in [0.2, 0.25) is 0 Å². The average molecular weight is 446 g/mol. The monoisotopic (exact) mass is 445 g/mol. The first-order valence-corrected chi connectivity index (χ1v) is 12.0. The van der Waals surface area contributed by atoms with Gasteiger partial charge in [0.2, 0.25) is 0 Å². The molecule has 0 saturated carbocycles. The molecule has 3 aromatic rings. The highest BCUT2D eigenvalue weighted by Gasteiger charge is 2.32. The van der Waals surface area contributed by atoms with Crippen LogP contribution in [0.25, 0.3) is 5.69 Å². The van der Waals surface area contributed by atoms with Crippen molar-refractivity contribution in [1.29, 1.82) is 5.26 Å². The highest BCUT2D eigenvalue weighted by atomic mass is 32.1. The smallest absolute Gasteiger partial charge is 0.134 e. The Morgan fingerprint density at radius 3 is 2.56 bits per heavy atom. The van der Waals surface area contributed by atoms with E-state index in [9.17, 15) is 5.26 Å². The lowest BCUT2D eigenvalue weighted by molar-refractivity contribution is 0.218. The van der Waals surface area contributed by atoms with Gasteiger partial charge in [0, 0.05) is 33.7 Å². The number of nitriles is 1. The normalized spacial score (nSPS) is 16.2. The Hall–Kier alpha value is -2.84. The summed E-state index contributed by atoms with van der Waals surface area (Å²) >= 11 is 1.70. The molecule has 0 fully saturated rings. The van der Waals surface area contributed by atoms with Crippen molar-refractivity contribution >= 4 is 22.6 Å². The van der Waals surface area contributed by atoms with Crippen LogP contribution in [0.15, 0.2) is 35.3 Å². The van der Waals surface area contributed by atoms with Crippen LogP contribution >= 0.6 is 11.3 Å². The van der Waals surface area contributed by atoms with Gasteiger partial charge in [0.25, 0.3) is 0 Å². The predicted octanol–water partition coefficient (Wildman–Crippen LogP) is 6.94. The fraction of sp³-hybridized carbons (Fsp3) is 0.407. The van der Waals surface area contributed by atoms with E-state index in [1.165, 1.54) is 10.4 Å². The summed E-state index contributed by atoms with van der Waals surface area (Å²) < 4.78 is 7.51. The number of ether oxygens (including phenoxy) is 1. The summed E-state index contributed by atoms with van der Waals surface area (Å²) in [7, 11) is 1.68. The van der Waals surface area contributed by atoms with Crippen LogP contribution in [0.1, 0.15) is 60.1 Å². The standard InChI is InChI=1S/C27H31N3OS/c1-17-13-19(18(2)30(17)21-8-10-22(31-6)11-9-21)16-29-26-24(15-28)23-12-7-20(27(3,4)5)14-25(23)32-26/h8-11,13,16,20H,7,12,14H2,1-6H3/t20-/m1/s1. The van der Waals surface area contributed by atoms with Crippen molar-refractivity contribution < 1.29 is 4.74 Å². The number of methoxy groups -OCH3 is 1. The minimum atomic E-state index is 0.289. The molecular formula is C27H31N3OS. The summed E-state index contributed by atoms with van der Waals surface area (Å²) in [5, 5.41) is 10.7. The fourth-order valence-electron chi connectivity index (χ4n) is 4.69. The number of hydrogen-bond acceptors (Lipinski definition) is 4. The third kappa shape index (κ3) is 4.12. The quantitative estimate of drug-likeness (QED) is 0.409. The van der Waals surface area contributed by atoms with Crippen molar-refractivity contribution in [2.75, 3.05) is 7.11 Å². The minimum absolute atomic E-state index is 0.289. The molecule has 0 aliphatic heterocycles. The molecule has 32 heavy (non-hydrogen) atoms. The number of nitrogens with zero attached hydrogens (tertiary/aromatic N) is 3. The van der Waals surface area contributed by atoms with E-state index in [1.807, 2.05) is 18.3 Å². The van der Waals surface area contributed by atoms with Gasteiger partial charge in [-0.1, -0.05) is 20.8 Å². The summed E-state index contributed by atoms with van der Waals surface area (Å²) in [5.74, 6) is 1.50. The summed E-state index contributed by atoms with van der Waals surface area (Å²) in [6.45, 7) is 11.2. The molecule has 4 rings (SSSR count). The van der Waals surface area contributed by atoms with Crippen molar-refractivity contribution in [3.8, 4) is 17.5 Å². The van der Waals surface area contributed by atoms with E-state index in [0.29, 0.717) is 5.92 Å².